The predicted octanol–water partition coefficient (Wildman–Crippen LogP) is 2.42. The summed E-state index contributed by atoms with van der Waals surface area (Å²) in [6.07, 6.45) is 2.68. The Labute approximate surface area is 127 Å². The molecule has 0 spiro atoms. The smallest absolute Gasteiger partial charge is 0.308 e. The zero-order valence-electron chi connectivity index (χ0n) is 11.8. The second kappa shape index (κ2) is 6.87. The number of thioether (sulfide) groups is 1. The molecular weight excluding hydrogens is 296 g/mol. The Hall–Kier alpha value is -0.660. The van der Waals surface area contributed by atoms with Crippen LogP contribution in [0.3, 0.4) is 0 Å². The average Bonchev–Trinajstić information content (AvgIpc) is 2.84. The van der Waals surface area contributed by atoms with E-state index in [0.717, 1.165) is 9.35 Å². The summed E-state index contributed by atoms with van der Waals surface area (Å²) in [4.78, 5) is 11.7. The van der Waals surface area contributed by atoms with Gasteiger partial charge >= 0.3 is 5.97 Å². The number of esters is 1. The third-order valence-electron chi connectivity index (χ3n) is 3.51. The first-order valence-electron chi connectivity index (χ1n) is 6.84. The first kappa shape index (κ1) is 15.7. The van der Waals surface area contributed by atoms with E-state index in [1.807, 2.05) is 13.8 Å². The Morgan fingerprint density at radius 3 is 2.75 bits per heavy atom. The molecule has 1 aliphatic rings. The van der Waals surface area contributed by atoms with Crippen LogP contribution in [-0.4, -0.2) is 39.2 Å². The van der Waals surface area contributed by atoms with Crippen LogP contribution in [0.15, 0.2) is 4.34 Å². The fourth-order valence-electron chi connectivity index (χ4n) is 2.33. The molecule has 20 heavy (non-hydrogen) atoms. The van der Waals surface area contributed by atoms with Gasteiger partial charge in [0.2, 0.25) is 0 Å². The largest absolute Gasteiger partial charge is 0.466 e. The molecule has 7 heteroatoms. The standard InChI is InChI=1S/C13H20N2O3S2/c1-3-18-11(16)10-4-6-13(17,7-5-10)8-19-12-15-14-9(2)20-12/h10,17H,3-8H2,1-2H3. The summed E-state index contributed by atoms with van der Waals surface area (Å²) in [5, 5.41) is 19.5. The molecule has 0 amide bonds. The molecule has 0 bridgehead atoms. The average molecular weight is 316 g/mol. The van der Waals surface area contributed by atoms with Crippen molar-refractivity contribution in [3.05, 3.63) is 5.01 Å². The van der Waals surface area contributed by atoms with Crippen molar-refractivity contribution in [2.45, 2.75) is 49.5 Å². The summed E-state index contributed by atoms with van der Waals surface area (Å²) >= 11 is 3.09. The second-order valence-electron chi connectivity index (χ2n) is 5.13. The van der Waals surface area contributed by atoms with Crippen molar-refractivity contribution in [1.29, 1.82) is 0 Å². The molecule has 1 aromatic heterocycles. The summed E-state index contributed by atoms with van der Waals surface area (Å²) in [5.41, 5.74) is -0.701. The van der Waals surface area contributed by atoms with Crippen LogP contribution in [0.1, 0.15) is 37.6 Å². The molecule has 1 N–H and O–H groups in total. The molecule has 1 heterocycles. The van der Waals surface area contributed by atoms with Gasteiger partial charge in [0.15, 0.2) is 4.34 Å². The fourth-order valence-corrected chi connectivity index (χ4v) is 4.30. The minimum absolute atomic E-state index is 0.0519. The van der Waals surface area contributed by atoms with E-state index in [2.05, 4.69) is 10.2 Å². The summed E-state index contributed by atoms with van der Waals surface area (Å²) in [7, 11) is 0. The normalized spacial score (nSPS) is 26.4. The van der Waals surface area contributed by atoms with Crippen LogP contribution in [0.25, 0.3) is 0 Å². The van der Waals surface area contributed by atoms with Gasteiger partial charge in [0.1, 0.15) is 5.01 Å². The van der Waals surface area contributed by atoms with E-state index in [1.54, 1.807) is 23.1 Å². The van der Waals surface area contributed by atoms with Gasteiger partial charge in [-0.15, -0.1) is 10.2 Å². The van der Waals surface area contributed by atoms with Crippen LogP contribution in [-0.2, 0) is 9.53 Å². The van der Waals surface area contributed by atoms with Crippen molar-refractivity contribution < 1.29 is 14.6 Å². The topological polar surface area (TPSA) is 72.3 Å². The van der Waals surface area contributed by atoms with Gasteiger partial charge in [-0.05, 0) is 39.5 Å². The number of hydrogen-bond acceptors (Lipinski definition) is 7. The van der Waals surface area contributed by atoms with E-state index in [-0.39, 0.29) is 11.9 Å². The van der Waals surface area contributed by atoms with Crippen molar-refractivity contribution in [3.63, 3.8) is 0 Å². The van der Waals surface area contributed by atoms with E-state index in [9.17, 15) is 9.90 Å². The molecule has 0 saturated heterocycles. The first-order valence-corrected chi connectivity index (χ1v) is 8.64. The number of carbonyl (C=O) groups excluding carboxylic acids is 1. The van der Waals surface area contributed by atoms with Crippen LogP contribution in [0.2, 0.25) is 0 Å². The van der Waals surface area contributed by atoms with E-state index in [0.29, 0.717) is 38.0 Å². The number of aliphatic hydroxyl groups is 1. The minimum atomic E-state index is -0.701. The van der Waals surface area contributed by atoms with Crippen molar-refractivity contribution in [2.75, 3.05) is 12.4 Å². The van der Waals surface area contributed by atoms with E-state index in [1.165, 1.54) is 0 Å². The first-order chi connectivity index (χ1) is 9.52. The van der Waals surface area contributed by atoms with Gasteiger partial charge in [0, 0.05) is 5.75 Å². The van der Waals surface area contributed by atoms with Gasteiger partial charge in [0.25, 0.3) is 0 Å². The molecule has 0 aromatic carbocycles. The number of hydrogen-bond donors (Lipinski definition) is 1. The van der Waals surface area contributed by atoms with Crippen molar-refractivity contribution in [3.8, 4) is 0 Å². The Kier molecular flexibility index (Phi) is 5.40. The Morgan fingerprint density at radius 2 is 2.20 bits per heavy atom. The quantitative estimate of drug-likeness (QED) is 0.664. The number of rotatable bonds is 5. The molecule has 1 aromatic rings. The summed E-state index contributed by atoms with van der Waals surface area (Å²) in [6.45, 7) is 4.16. The Balaban J connectivity index is 1.80. The van der Waals surface area contributed by atoms with Crippen LogP contribution in [0, 0.1) is 12.8 Å². The van der Waals surface area contributed by atoms with Crippen molar-refractivity contribution >= 4 is 29.1 Å². The van der Waals surface area contributed by atoms with Gasteiger partial charge in [-0.1, -0.05) is 23.1 Å². The monoisotopic (exact) mass is 316 g/mol. The van der Waals surface area contributed by atoms with E-state index in [4.69, 9.17) is 4.74 Å². The number of aromatic nitrogens is 2. The van der Waals surface area contributed by atoms with Gasteiger partial charge in [-0.25, -0.2) is 0 Å². The predicted molar refractivity (Wildman–Crippen MR) is 78.9 cm³/mol. The van der Waals surface area contributed by atoms with Crippen LogP contribution in [0.4, 0.5) is 0 Å². The molecule has 1 fully saturated rings. The molecule has 0 atom stereocenters. The lowest BCUT2D eigenvalue weighted by molar-refractivity contribution is -0.150. The lowest BCUT2D eigenvalue weighted by Crippen LogP contribution is -2.38. The highest BCUT2D eigenvalue weighted by Crippen LogP contribution is 2.37. The summed E-state index contributed by atoms with van der Waals surface area (Å²) in [6, 6.07) is 0. The molecule has 0 radical (unpaired) electrons. The van der Waals surface area contributed by atoms with Crippen molar-refractivity contribution in [1.82, 2.24) is 10.2 Å². The SMILES string of the molecule is CCOC(=O)C1CCC(O)(CSc2nnc(C)s2)CC1. The highest BCUT2D eigenvalue weighted by Gasteiger charge is 2.36. The molecule has 0 aliphatic heterocycles. The summed E-state index contributed by atoms with van der Waals surface area (Å²) < 4.78 is 5.93. The molecule has 5 nitrogen and oxygen atoms in total. The number of nitrogens with zero attached hydrogens (tertiary/aromatic N) is 2. The molecular formula is C13H20N2O3S2. The van der Waals surface area contributed by atoms with Gasteiger partial charge in [-0.3, -0.25) is 4.79 Å². The highest BCUT2D eigenvalue weighted by molar-refractivity contribution is 8.01. The van der Waals surface area contributed by atoms with E-state index < -0.39 is 5.60 Å². The lowest BCUT2D eigenvalue weighted by Gasteiger charge is -2.34. The Morgan fingerprint density at radius 1 is 1.50 bits per heavy atom. The maximum absolute atomic E-state index is 11.7. The maximum atomic E-state index is 11.7. The maximum Gasteiger partial charge on any atom is 0.308 e. The third-order valence-corrected chi connectivity index (χ3v) is 5.76. The second-order valence-corrected chi connectivity index (χ2v) is 7.53. The van der Waals surface area contributed by atoms with Crippen molar-refractivity contribution in [2.24, 2.45) is 5.92 Å². The van der Waals surface area contributed by atoms with Crippen LogP contribution >= 0.6 is 23.1 Å². The number of aryl methyl sites for hydroxylation is 1. The lowest BCUT2D eigenvalue weighted by atomic mass is 9.80. The minimum Gasteiger partial charge on any atom is -0.466 e. The van der Waals surface area contributed by atoms with Gasteiger partial charge in [0.05, 0.1) is 18.1 Å². The van der Waals surface area contributed by atoms with E-state index >= 15 is 0 Å². The number of carbonyl (C=O) groups is 1. The Bertz CT molecular complexity index is 456. The molecule has 112 valence electrons. The molecule has 0 unspecified atom stereocenters. The zero-order valence-corrected chi connectivity index (χ0v) is 13.4. The fraction of sp³-hybridized carbons (Fsp3) is 0.769. The van der Waals surface area contributed by atoms with Gasteiger partial charge < -0.3 is 9.84 Å². The highest BCUT2D eigenvalue weighted by atomic mass is 32.2. The van der Waals surface area contributed by atoms with Gasteiger partial charge in [-0.2, -0.15) is 0 Å². The van der Waals surface area contributed by atoms with Crippen LogP contribution < -0.4 is 0 Å². The summed E-state index contributed by atoms with van der Waals surface area (Å²) in [5.74, 6) is 0.433. The molecule has 2 rings (SSSR count). The number of ether oxygens (including phenoxy) is 1. The zero-order chi connectivity index (χ0) is 14.6. The third kappa shape index (κ3) is 4.17. The van der Waals surface area contributed by atoms with Crippen LogP contribution in [0.5, 0.6) is 0 Å². The molecule has 1 aliphatic carbocycles. The molecule has 1 saturated carbocycles.